The highest BCUT2D eigenvalue weighted by atomic mass is 16.5. The highest BCUT2D eigenvalue weighted by Crippen LogP contribution is 2.16. The Morgan fingerprint density at radius 3 is 2.16 bits per heavy atom. The first-order valence-corrected chi connectivity index (χ1v) is 12.4. The second-order valence-corrected chi connectivity index (χ2v) is 9.40. The second kappa shape index (κ2) is 17.0. The van der Waals surface area contributed by atoms with E-state index in [2.05, 4.69) is 25.9 Å². The van der Waals surface area contributed by atoms with Crippen LogP contribution in [0.15, 0.2) is 12.5 Å². The maximum atomic E-state index is 13.2. The number of aromatic amines is 1. The molecule has 214 valence electrons. The number of hydrogen-bond donors (Lipinski definition) is 9. The number of nitrogens with two attached hydrogens (primary N) is 2. The third-order valence-corrected chi connectivity index (χ3v) is 5.72. The Kier molecular flexibility index (Phi) is 14.6. The van der Waals surface area contributed by atoms with E-state index < -0.39 is 60.2 Å². The fourth-order valence-corrected chi connectivity index (χ4v) is 3.75. The van der Waals surface area contributed by atoms with Gasteiger partial charge in [0.2, 0.25) is 29.5 Å². The lowest BCUT2D eigenvalue weighted by Crippen LogP contribution is -2.58. The molecule has 1 rings (SSSR count). The molecule has 38 heavy (non-hydrogen) atoms. The Morgan fingerprint density at radius 2 is 1.63 bits per heavy atom. The standard InChI is InChI=1S/C23H40N8O7/c1-13(2)7-14(8-19(33)31-38)21(35)29-17(9-15-10-26-12-27-15)22(36)30-18(11-32)23(37)28-16(20(25)34)5-3-4-6-24/h10,12-14,16-18,32,38H,3-9,11,24H2,1-2H3,(H2,25,34)(H,26,27)(H,28,37)(H,29,35)(H,30,36)(H,31,33)/t14-,16+,17+,18+/m1/s1. The molecular weight excluding hydrogens is 500 g/mol. The third-order valence-electron chi connectivity index (χ3n) is 5.72. The number of carbonyl (C=O) groups excluding carboxylic acids is 5. The summed E-state index contributed by atoms with van der Waals surface area (Å²) in [6.45, 7) is 3.32. The van der Waals surface area contributed by atoms with Gasteiger partial charge in [0.15, 0.2) is 0 Å². The molecule has 0 aliphatic rings. The van der Waals surface area contributed by atoms with Crippen LogP contribution in [-0.4, -0.2) is 81.1 Å². The maximum absolute atomic E-state index is 13.2. The zero-order valence-corrected chi connectivity index (χ0v) is 21.7. The molecule has 4 atom stereocenters. The Bertz CT molecular complexity index is 910. The topological polar surface area (TPSA) is 255 Å². The lowest BCUT2D eigenvalue weighted by atomic mass is 9.92. The average Bonchev–Trinajstić information content (AvgIpc) is 3.38. The molecule has 0 spiro atoms. The number of imidazole rings is 1. The quantitative estimate of drug-likeness (QED) is 0.0544. The van der Waals surface area contributed by atoms with Gasteiger partial charge in [-0.1, -0.05) is 13.8 Å². The number of nitrogens with zero attached hydrogens (tertiary/aromatic N) is 1. The molecule has 0 saturated heterocycles. The highest BCUT2D eigenvalue weighted by molar-refractivity contribution is 5.94. The number of carbonyl (C=O) groups is 5. The predicted molar refractivity (Wildman–Crippen MR) is 135 cm³/mol. The number of aliphatic hydroxyl groups excluding tert-OH is 1. The van der Waals surface area contributed by atoms with Crippen molar-refractivity contribution in [3.05, 3.63) is 18.2 Å². The van der Waals surface area contributed by atoms with Crippen molar-refractivity contribution in [3.63, 3.8) is 0 Å². The molecule has 0 saturated carbocycles. The Labute approximate surface area is 220 Å². The number of primary amides is 1. The minimum atomic E-state index is -1.44. The molecule has 15 nitrogen and oxygen atoms in total. The molecule has 0 aliphatic carbocycles. The number of hydroxylamine groups is 1. The Balaban J connectivity index is 3.02. The molecule has 0 fully saturated rings. The maximum Gasteiger partial charge on any atom is 0.245 e. The normalized spacial score (nSPS) is 14.2. The van der Waals surface area contributed by atoms with Crippen molar-refractivity contribution in [3.8, 4) is 0 Å². The van der Waals surface area contributed by atoms with Crippen molar-refractivity contribution in [2.45, 2.75) is 70.5 Å². The summed E-state index contributed by atoms with van der Waals surface area (Å²) in [5.41, 5.74) is 12.8. The van der Waals surface area contributed by atoms with Crippen LogP contribution in [0.25, 0.3) is 0 Å². The van der Waals surface area contributed by atoms with E-state index in [0.29, 0.717) is 31.5 Å². The number of aliphatic hydroxyl groups is 1. The second-order valence-electron chi connectivity index (χ2n) is 9.40. The average molecular weight is 541 g/mol. The van der Waals surface area contributed by atoms with Crippen molar-refractivity contribution in [2.75, 3.05) is 13.2 Å². The van der Waals surface area contributed by atoms with E-state index in [-0.39, 0.29) is 25.2 Å². The van der Waals surface area contributed by atoms with Crippen LogP contribution >= 0.6 is 0 Å². The fourth-order valence-electron chi connectivity index (χ4n) is 3.75. The van der Waals surface area contributed by atoms with Gasteiger partial charge in [-0.25, -0.2) is 10.5 Å². The molecular formula is C23H40N8O7. The summed E-state index contributed by atoms with van der Waals surface area (Å²) in [4.78, 5) is 69.1. The zero-order chi connectivity index (χ0) is 28.7. The molecule has 15 heteroatoms. The van der Waals surface area contributed by atoms with E-state index in [1.807, 2.05) is 13.8 Å². The van der Waals surface area contributed by atoms with Crippen molar-refractivity contribution in [1.29, 1.82) is 0 Å². The summed E-state index contributed by atoms with van der Waals surface area (Å²) < 4.78 is 0. The van der Waals surface area contributed by atoms with E-state index in [1.54, 1.807) is 0 Å². The van der Waals surface area contributed by atoms with E-state index in [9.17, 15) is 29.1 Å². The van der Waals surface area contributed by atoms with Crippen LogP contribution in [0.3, 0.4) is 0 Å². The summed E-state index contributed by atoms with van der Waals surface area (Å²) >= 11 is 0. The molecule has 1 aromatic heterocycles. The number of amides is 5. The van der Waals surface area contributed by atoms with Gasteiger partial charge in [0.05, 0.1) is 12.9 Å². The molecule has 5 amide bonds. The monoisotopic (exact) mass is 540 g/mol. The number of H-pyrrole nitrogens is 1. The van der Waals surface area contributed by atoms with E-state index in [0.717, 1.165) is 0 Å². The fraction of sp³-hybridized carbons (Fsp3) is 0.652. The largest absolute Gasteiger partial charge is 0.394 e. The summed E-state index contributed by atoms with van der Waals surface area (Å²) in [5.74, 6) is -4.58. The molecule has 0 radical (unpaired) electrons. The summed E-state index contributed by atoms with van der Waals surface area (Å²) in [6, 6.07) is -3.67. The van der Waals surface area contributed by atoms with Gasteiger partial charge >= 0.3 is 0 Å². The van der Waals surface area contributed by atoms with Gasteiger partial charge in [0.1, 0.15) is 18.1 Å². The van der Waals surface area contributed by atoms with Gasteiger partial charge in [-0.2, -0.15) is 0 Å². The van der Waals surface area contributed by atoms with E-state index >= 15 is 0 Å². The van der Waals surface area contributed by atoms with Gasteiger partial charge < -0.3 is 37.5 Å². The minimum Gasteiger partial charge on any atom is -0.394 e. The first-order valence-electron chi connectivity index (χ1n) is 12.4. The predicted octanol–water partition coefficient (Wildman–Crippen LogP) is -2.43. The summed E-state index contributed by atoms with van der Waals surface area (Å²) in [6.07, 6.45) is 4.18. The van der Waals surface area contributed by atoms with E-state index in [1.165, 1.54) is 18.0 Å². The first kappa shape index (κ1) is 32.5. The van der Waals surface area contributed by atoms with Gasteiger partial charge in [-0.15, -0.1) is 0 Å². The summed E-state index contributed by atoms with van der Waals surface area (Å²) in [5, 5.41) is 26.0. The van der Waals surface area contributed by atoms with Crippen LogP contribution in [-0.2, 0) is 30.4 Å². The molecule has 0 aromatic carbocycles. The highest BCUT2D eigenvalue weighted by Gasteiger charge is 2.31. The van der Waals surface area contributed by atoms with Gasteiger partial charge in [0.25, 0.3) is 0 Å². The lowest BCUT2D eigenvalue weighted by Gasteiger charge is -2.25. The van der Waals surface area contributed by atoms with Crippen LogP contribution in [0.2, 0.25) is 0 Å². The van der Waals surface area contributed by atoms with Crippen molar-refractivity contribution < 1.29 is 34.3 Å². The van der Waals surface area contributed by atoms with Gasteiger partial charge in [-0.3, -0.25) is 29.2 Å². The van der Waals surface area contributed by atoms with Crippen molar-refractivity contribution in [2.24, 2.45) is 23.3 Å². The molecule has 0 aliphatic heterocycles. The third kappa shape index (κ3) is 11.7. The van der Waals surface area contributed by atoms with Crippen LogP contribution in [0.4, 0.5) is 0 Å². The van der Waals surface area contributed by atoms with Gasteiger partial charge in [0, 0.05) is 30.7 Å². The lowest BCUT2D eigenvalue weighted by molar-refractivity contribution is -0.137. The molecule has 11 N–H and O–H groups in total. The number of aromatic nitrogens is 2. The Hall–Kier alpha value is -3.56. The smallest absolute Gasteiger partial charge is 0.245 e. The number of hydrogen-bond acceptors (Lipinski definition) is 9. The van der Waals surface area contributed by atoms with Crippen LogP contribution < -0.4 is 32.9 Å². The van der Waals surface area contributed by atoms with Crippen LogP contribution in [0.5, 0.6) is 0 Å². The molecule has 1 heterocycles. The van der Waals surface area contributed by atoms with Gasteiger partial charge in [-0.05, 0) is 38.1 Å². The molecule has 0 bridgehead atoms. The minimum absolute atomic E-state index is 0.0302. The summed E-state index contributed by atoms with van der Waals surface area (Å²) in [7, 11) is 0. The number of unbranched alkanes of at least 4 members (excludes halogenated alkanes) is 1. The van der Waals surface area contributed by atoms with Crippen molar-refractivity contribution >= 4 is 29.5 Å². The SMILES string of the molecule is CC(C)C[C@H](CC(=O)NO)C(=O)N[C@@H](Cc1cnc[nH]1)C(=O)N[C@@H](CO)C(=O)N[C@@H](CCCCN)C(N)=O. The first-order chi connectivity index (χ1) is 18.0. The Morgan fingerprint density at radius 1 is 1.00 bits per heavy atom. The van der Waals surface area contributed by atoms with Crippen LogP contribution in [0.1, 0.15) is 51.6 Å². The zero-order valence-electron chi connectivity index (χ0n) is 21.7. The van der Waals surface area contributed by atoms with E-state index in [4.69, 9.17) is 16.7 Å². The number of nitrogens with one attached hydrogen (secondary N) is 5. The number of rotatable bonds is 18. The molecule has 0 unspecified atom stereocenters. The van der Waals surface area contributed by atoms with Crippen LogP contribution in [0, 0.1) is 11.8 Å². The van der Waals surface area contributed by atoms with Crippen molar-refractivity contribution in [1.82, 2.24) is 31.4 Å². The molecule has 1 aromatic rings.